The zero-order chi connectivity index (χ0) is 21.5. The van der Waals surface area contributed by atoms with Crippen molar-refractivity contribution < 1.29 is 9.18 Å². The zero-order valence-electron chi connectivity index (χ0n) is 17.2. The van der Waals surface area contributed by atoms with Gasteiger partial charge in [0, 0.05) is 13.1 Å². The smallest absolute Gasteiger partial charge is 0.227 e. The number of hydrogen-bond acceptors (Lipinski definition) is 1. The molecule has 31 heavy (non-hydrogen) atoms. The van der Waals surface area contributed by atoms with Crippen LogP contribution >= 0.6 is 0 Å². The van der Waals surface area contributed by atoms with Crippen LogP contribution in [0, 0.1) is 5.82 Å². The lowest BCUT2D eigenvalue weighted by atomic mass is 9.97. The molecule has 0 fully saturated rings. The Kier molecular flexibility index (Phi) is 6.53. The van der Waals surface area contributed by atoms with Gasteiger partial charge in [-0.2, -0.15) is 0 Å². The first-order chi connectivity index (χ1) is 15.2. The second-order valence-corrected chi connectivity index (χ2v) is 7.57. The Morgan fingerprint density at radius 1 is 0.677 bits per heavy atom. The van der Waals surface area contributed by atoms with Crippen LogP contribution in [0.5, 0.6) is 0 Å². The summed E-state index contributed by atoms with van der Waals surface area (Å²) in [6.07, 6.45) is 0.256. The van der Waals surface area contributed by atoms with Crippen LogP contribution in [0.1, 0.15) is 16.7 Å². The van der Waals surface area contributed by atoms with Crippen LogP contribution in [-0.2, 0) is 24.3 Å². The third-order valence-corrected chi connectivity index (χ3v) is 5.28. The van der Waals surface area contributed by atoms with Crippen molar-refractivity contribution in [2.24, 2.45) is 0 Å². The average Bonchev–Trinajstić information content (AvgIpc) is 2.80. The summed E-state index contributed by atoms with van der Waals surface area (Å²) in [5, 5.41) is 0. The zero-order valence-corrected chi connectivity index (χ0v) is 17.2. The molecule has 0 bridgehead atoms. The lowest BCUT2D eigenvalue weighted by molar-refractivity contribution is -0.131. The molecule has 0 radical (unpaired) electrons. The molecule has 0 aliphatic carbocycles. The van der Waals surface area contributed by atoms with Gasteiger partial charge in [-0.3, -0.25) is 4.79 Å². The Morgan fingerprint density at radius 2 is 1.26 bits per heavy atom. The number of halogens is 1. The SMILES string of the molecule is O=C(Cc1ccccc1-c1cccc(F)c1)N(Cc1ccccc1)Cc1ccccc1. The van der Waals surface area contributed by atoms with Crippen LogP contribution in [0.25, 0.3) is 11.1 Å². The van der Waals surface area contributed by atoms with E-state index >= 15 is 0 Å². The number of hydrogen-bond donors (Lipinski definition) is 0. The molecule has 0 aliphatic rings. The van der Waals surface area contributed by atoms with E-state index in [2.05, 4.69) is 0 Å². The van der Waals surface area contributed by atoms with Gasteiger partial charge in [0.25, 0.3) is 0 Å². The standard InChI is InChI=1S/C28H24FNO/c29-26-16-9-15-24(18-26)27-17-8-7-14-25(27)19-28(31)30(20-22-10-3-1-4-11-22)21-23-12-5-2-6-13-23/h1-18H,19-21H2. The first kappa shape index (κ1) is 20.5. The molecule has 0 saturated carbocycles. The van der Waals surface area contributed by atoms with Crippen molar-refractivity contribution in [2.45, 2.75) is 19.5 Å². The molecule has 0 aliphatic heterocycles. The van der Waals surface area contributed by atoms with Crippen LogP contribution < -0.4 is 0 Å². The van der Waals surface area contributed by atoms with Crippen molar-refractivity contribution >= 4 is 5.91 Å². The number of amides is 1. The monoisotopic (exact) mass is 409 g/mol. The van der Waals surface area contributed by atoms with Crippen LogP contribution in [0.2, 0.25) is 0 Å². The van der Waals surface area contributed by atoms with Gasteiger partial charge in [0.2, 0.25) is 5.91 Å². The number of carbonyl (C=O) groups is 1. The number of rotatable bonds is 7. The second kappa shape index (κ2) is 9.86. The molecule has 3 heteroatoms. The summed E-state index contributed by atoms with van der Waals surface area (Å²) in [6, 6.07) is 34.3. The Hall–Kier alpha value is -3.72. The van der Waals surface area contributed by atoms with Crippen LogP contribution in [-0.4, -0.2) is 10.8 Å². The highest BCUT2D eigenvalue weighted by molar-refractivity contribution is 5.82. The molecule has 0 unspecified atom stereocenters. The third kappa shape index (κ3) is 5.46. The van der Waals surface area contributed by atoms with Gasteiger partial charge in [0.05, 0.1) is 6.42 Å². The van der Waals surface area contributed by atoms with E-state index in [9.17, 15) is 9.18 Å². The first-order valence-corrected chi connectivity index (χ1v) is 10.4. The summed E-state index contributed by atoms with van der Waals surface area (Å²) in [7, 11) is 0. The fourth-order valence-electron chi connectivity index (χ4n) is 3.73. The van der Waals surface area contributed by atoms with Gasteiger partial charge in [-0.25, -0.2) is 4.39 Å². The number of benzene rings is 4. The average molecular weight is 410 g/mol. The van der Waals surface area contributed by atoms with Crippen LogP contribution in [0.4, 0.5) is 4.39 Å². The molecular weight excluding hydrogens is 385 g/mol. The molecule has 0 heterocycles. The summed E-state index contributed by atoms with van der Waals surface area (Å²) in [5.41, 5.74) is 4.73. The van der Waals surface area contributed by atoms with Crippen molar-refractivity contribution in [3.63, 3.8) is 0 Å². The van der Waals surface area contributed by atoms with Crippen LogP contribution in [0.15, 0.2) is 109 Å². The van der Waals surface area contributed by atoms with Gasteiger partial charge < -0.3 is 4.90 Å². The maximum Gasteiger partial charge on any atom is 0.227 e. The second-order valence-electron chi connectivity index (χ2n) is 7.57. The van der Waals surface area contributed by atoms with Crippen molar-refractivity contribution in [1.29, 1.82) is 0 Å². The molecule has 4 aromatic carbocycles. The Bertz CT molecular complexity index is 1100. The van der Waals surface area contributed by atoms with Crippen molar-refractivity contribution in [1.82, 2.24) is 4.90 Å². The van der Waals surface area contributed by atoms with E-state index in [1.54, 1.807) is 6.07 Å². The van der Waals surface area contributed by atoms with E-state index in [4.69, 9.17) is 0 Å². The van der Waals surface area contributed by atoms with Crippen molar-refractivity contribution in [3.05, 3.63) is 132 Å². The van der Waals surface area contributed by atoms with E-state index in [0.717, 1.165) is 27.8 Å². The quantitative estimate of drug-likeness (QED) is 0.353. The topological polar surface area (TPSA) is 20.3 Å². The van der Waals surface area contributed by atoms with Crippen LogP contribution in [0.3, 0.4) is 0 Å². The van der Waals surface area contributed by atoms with Gasteiger partial charge >= 0.3 is 0 Å². The van der Waals surface area contributed by atoms with E-state index in [-0.39, 0.29) is 18.1 Å². The Morgan fingerprint density at radius 3 is 1.87 bits per heavy atom. The highest BCUT2D eigenvalue weighted by atomic mass is 19.1. The molecular formula is C28H24FNO. The highest BCUT2D eigenvalue weighted by Gasteiger charge is 2.17. The number of carbonyl (C=O) groups excluding carboxylic acids is 1. The molecule has 4 rings (SSSR count). The number of nitrogens with zero attached hydrogens (tertiary/aromatic N) is 1. The Balaban J connectivity index is 1.60. The van der Waals surface area contributed by atoms with Crippen molar-refractivity contribution in [3.8, 4) is 11.1 Å². The lowest BCUT2D eigenvalue weighted by Gasteiger charge is -2.24. The minimum Gasteiger partial charge on any atom is -0.334 e. The van der Waals surface area contributed by atoms with Gasteiger partial charge in [-0.15, -0.1) is 0 Å². The molecule has 0 spiro atoms. The predicted octanol–water partition coefficient (Wildman–Crippen LogP) is 6.26. The van der Waals surface area contributed by atoms with Gasteiger partial charge in [-0.1, -0.05) is 97.1 Å². The molecule has 4 aromatic rings. The minimum absolute atomic E-state index is 0.0385. The van der Waals surface area contributed by atoms with Gasteiger partial charge in [0.1, 0.15) is 5.82 Å². The highest BCUT2D eigenvalue weighted by Crippen LogP contribution is 2.25. The van der Waals surface area contributed by atoms with E-state index in [0.29, 0.717) is 13.1 Å². The van der Waals surface area contributed by atoms with Gasteiger partial charge in [0.15, 0.2) is 0 Å². The predicted molar refractivity (Wildman–Crippen MR) is 123 cm³/mol. The third-order valence-electron chi connectivity index (χ3n) is 5.28. The van der Waals surface area contributed by atoms with Crippen molar-refractivity contribution in [2.75, 3.05) is 0 Å². The summed E-state index contributed by atoms with van der Waals surface area (Å²) in [5.74, 6) is -0.245. The summed E-state index contributed by atoms with van der Waals surface area (Å²) < 4.78 is 13.8. The molecule has 0 saturated heterocycles. The summed E-state index contributed by atoms with van der Waals surface area (Å²) in [6.45, 7) is 1.08. The van der Waals surface area contributed by atoms with Gasteiger partial charge in [-0.05, 0) is 39.9 Å². The maximum absolute atomic E-state index is 13.8. The summed E-state index contributed by atoms with van der Waals surface area (Å²) in [4.78, 5) is 15.3. The van der Waals surface area contributed by atoms with E-state index < -0.39 is 0 Å². The van der Waals surface area contributed by atoms with E-state index in [1.807, 2.05) is 95.9 Å². The first-order valence-electron chi connectivity index (χ1n) is 10.4. The molecule has 0 atom stereocenters. The summed E-state index contributed by atoms with van der Waals surface area (Å²) >= 11 is 0. The molecule has 0 N–H and O–H groups in total. The largest absolute Gasteiger partial charge is 0.334 e. The lowest BCUT2D eigenvalue weighted by Crippen LogP contribution is -2.31. The van der Waals surface area contributed by atoms with E-state index in [1.165, 1.54) is 12.1 Å². The molecule has 1 amide bonds. The minimum atomic E-state index is -0.284. The Labute approximate surface area is 182 Å². The fourth-order valence-corrected chi connectivity index (χ4v) is 3.73. The molecule has 2 nitrogen and oxygen atoms in total. The maximum atomic E-state index is 13.8. The molecule has 154 valence electrons. The fraction of sp³-hybridized carbons (Fsp3) is 0.107. The molecule has 0 aromatic heterocycles. The normalized spacial score (nSPS) is 10.6.